The molecular weight excluding hydrogens is 801 g/mol. The van der Waals surface area contributed by atoms with Crippen LogP contribution in [-0.4, -0.2) is 83.3 Å². The number of nitrogens with zero attached hydrogens (tertiary/aromatic N) is 5. The van der Waals surface area contributed by atoms with Crippen LogP contribution in [0.1, 0.15) is 72.0 Å². The summed E-state index contributed by atoms with van der Waals surface area (Å²) in [5.74, 6) is 5.55. The third-order valence-electron chi connectivity index (χ3n) is 10.2. The molecule has 0 bridgehead atoms. The Morgan fingerprint density at radius 3 is 2.51 bits per heavy atom. The zero-order chi connectivity index (χ0) is 42.9. The van der Waals surface area contributed by atoms with Gasteiger partial charge >= 0.3 is 0 Å². The summed E-state index contributed by atoms with van der Waals surface area (Å²) in [6.45, 7) is 1.57. The summed E-state index contributed by atoms with van der Waals surface area (Å²) in [4.78, 5) is 59.8. The van der Waals surface area contributed by atoms with E-state index < -0.39 is 22.0 Å². The van der Waals surface area contributed by atoms with Crippen LogP contribution < -0.4 is 26.4 Å². The fourth-order valence-electron chi connectivity index (χ4n) is 6.96. The van der Waals surface area contributed by atoms with Gasteiger partial charge in [-0.3, -0.25) is 24.5 Å². The number of imide groups is 1. The molecular formula is C43H44N10O7S. The van der Waals surface area contributed by atoms with Crippen LogP contribution in [0.5, 0.6) is 0 Å². The molecule has 314 valence electrons. The smallest absolute Gasteiger partial charge is 0.270 e. The fraction of sp³-hybridized carbons (Fsp3) is 0.302. The number of piperidine rings is 1. The first kappa shape index (κ1) is 42.3. The summed E-state index contributed by atoms with van der Waals surface area (Å²) < 4.78 is 34.5. The summed E-state index contributed by atoms with van der Waals surface area (Å²) in [5, 5.41) is 16.5. The molecule has 0 radical (unpaired) electrons. The van der Waals surface area contributed by atoms with E-state index in [1.54, 1.807) is 24.3 Å². The van der Waals surface area contributed by atoms with E-state index in [9.17, 15) is 27.6 Å². The van der Waals surface area contributed by atoms with Gasteiger partial charge in [0, 0.05) is 67.7 Å². The molecule has 18 heteroatoms. The Morgan fingerprint density at radius 2 is 1.74 bits per heavy atom. The number of hydrogen-bond acceptors (Lipinski definition) is 13. The van der Waals surface area contributed by atoms with Crippen LogP contribution in [0.15, 0.2) is 82.2 Å². The van der Waals surface area contributed by atoms with Crippen molar-refractivity contribution >= 4 is 39.5 Å². The Bertz CT molecular complexity index is 2620. The number of sulfonamides is 1. The highest BCUT2D eigenvalue weighted by Crippen LogP contribution is 2.31. The Balaban J connectivity index is 0.820. The van der Waals surface area contributed by atoms with Crippen LogP contribution in [0.4, 0.5) is 5.82 Å². The minimum Gasteiger partial charge on any atom is -0.414 e. The molecule has 3 aromatic carbocycles. The number of unbranched alkanes of at least 4 members (excludes halogenated alkanes) is 2. The lowest BCUT2D eigenvalue weighted by Gasteiger charge is -2.29. The van der Waals surface area contributed by atoms with Crippen molar-refractivity contribution in [3.63, 3.8) is 0 Å². The molecule has 1 unspecified atom stereocenters. The predicted octanol–water partition coefficient (Wildman–Crippen LogP) is 3.32. The van der Waals surface area contributed by atoms with Crippen molar-refractivity contribution in [2.24, 2.45) is 0 Å². The lowest BCUT2D eigenvalue weighted by molar-refractivity contribution is -0.137. The Labute approximate surface area is 352 Å². The van der Waals surface area contributed by atoms with Crippen molar-refractivity contribution in [3.05, 3.63) is 95.2 Å². The normalized spacial score (nSPS) is 14.9. The number of amides is 4. The molecule has 5 aromatic rings. The van der Waals surface area contributed by atoms with Gasteiger partial charge in [-0.2, -0.15) is 0 Å². The average Bonchev–Trinajstić information content (AvgIpc) is 3.88. The highest BCUT2D eigenvalue weighted by Gasteiger charge is 2.39. The second-order valence-corrected chi connectivity index (χ2v) is 16.3. The topological polar surface area (TPSA) is 244 Å². The number of anilines is 1. The molecule has 0 saturated carbocycles. The number of benzene rings is 3. The van der Waals surface area contributed by atoms with Crippen LogP contribution in [0.2, 0.25) is 0 Å². The molecule has 0 spiro atoms. The third-order valence-corrected chi connectivity index (χ3v) is 11.7. The van der Waals surface area contributed by atoms with Crippen LogP contribution in [0.25, 0.3) is 34.3 Å². The average molecular weight is 845 g/mol. The van der Waals surface area contributed by atoms with Crippen molar-refractivity contribution in [3.8, 4) is 46.1 Å². The van der Waals surface area contributed by atoms with Gasteiger partial charge in [0.15, 0.2) is 11.5 Å². The molecule has 1 fully saturated rings. The quantitative estimate of drug-likeness (QED) is 0.0545. The van der Waals surface area contributed by atoms with Crippen molar-refractivity contribution in [1.29, 1.82) is 0 Å². The number of fused-ring (bicyclic) bond motifs is 1. The van der Waals surface area contributed by atoms with Crippen LogP contribution in [-0.2, 0) is 37.5 Å². The van der Waals surface area contributed by atoms with Gasteiger partial charge in [-0.15, -0.1) is 10.2 Å². The zero-order valence-corrected chi connectivity index (χ0v) is 34.2. The molecule has 4 amide bonds. The van der Waals surface area contributed by atoms with E-state index in [0.717, 1.165) is 23.2 Å². The summed E-state index contributed by atoms with van der Waals surface area (Å²) in [7, 11) is -1.94. The van der Waals surface area contributed by atoms with Gasteiger partial charge in [0.05, 0.1) is 16.8 Å². The number of carbonyl (C=O) groups excluding carboxylic acids is 4. The van der Waals surface area contributed by atoms with Crippen LogP contribution in [0, 0.1) is 11.8 Å². The van der Waals surface area contributed by atoms with E-state index in [0.29, 0.717) is 66.9 Å². The zero-order valence-electron chi connectivity index (χ0n) is 33.4. The van der Waals surface area contributed by atoms with E-state index in [4.69, 9.17) is 10.2 Å². The lowest BCUT2D eigenvalue weighted by atomic mass is 10.0. The highest BCUT2D eigenvalue weighted by atomic mass is 32.2. The van der Waals surface area contributed by atoms with Crippen molar-refractivity contribution in [2.45, 2.75) is 69.0 Å². The van der Waals surface area contributed by atoms with Crippen molar-refractivity contribution in [2.75, 3.05) is 25.9 Å². The fourth-order valence-corrected chi connectivity index (χ4v) is 8.03. The van der Waals surface area contributed by atoms with E-state index >= 15 is 0 Å². The van der Waals surface area contributed by atoms with Crippen LogP contribution in [0.3, 0.4) is 0 Å². The number of nitrogens with one attached hydrogen (secondary N) is 4. The molecule has 0 aliphatic carbocycles. The Kier molecular flexibility index (Phi) is 13.2. The maximum atomic E-state index is 13.0. The number of aromatic nitrogens is 4. The Morgan fingerprint density at radius 1 is 0.967 bits per heavy atom. The first-order chi connectivity index (χ1) is 29.5. The van der Waals surface area contributed by atoms with E-state index in [1.807, 2.05) is 37.4 Å². The standard InChI is InChI=1S/C43H44N10O7S/c1-45-24-27-12-14-30(15-13-27)41-51-52-42(60-41)38-39(44)47-25-34(49-38)29-16-18-31(19-17-29)61(58,59)48-23-6-4-11-36(54)46-22-5-2-3-8-28-9-7-10-32-33(28)26-53(43(32)57)35-20-21-37(55)50-40(35)56/h7,9-10,12-19,25,35,45,48H,2,4-6,11,20-24,26H2,1H3,(H2,44,47)(H,46,54)(H,50,55,56). The summed E-state index contributed by atoms with van der Waals surface area (Å²) in [6, 6.07) is 18.5. The molecule has 1 atom stereocenters. The molecule has 1 saturated heterocycles. The van der Waals surface area contributed by atoms with Crippen LogP contribution >= 0.6 is 0 Å². The maximum Gasteiger partial charge on any atom is 0.270 e. The van der Waals surface area contributed by atoms with Crippen molar-refractivity contribution in [1.82, 2.24) is 45.7 Å². The number of nitrogen functional groups attached to an aromatic ring is 1. The number of rotatable bonds is 16. The molecule has 61 heavy (non-hydrogen) atoms. The van der Waals surface area contributed by atoms with Gasteiger partial charge in [-0.25, -0.2) is 23.1 Å². The lowest BCUT2D eigenvalue weighted by Crippen LogP contribution is -2.52. The van der Waals surface area contributed by atoms with Gasteiger partial charge in [-0.1, -0.05) is 42.2 Å². The number of hydrogen-bond donors (Lipinski definition) is 5. The van der Waals surface area contributed by atoms with Gasteiger partial charge in [0.1, 0.15) is 6.04 Å². The molecule has 2 aliphatic heterocycles. The van der Waals surface area contributed by atoms with Gasteiger partial charge in [-0.05, 0) is 80.3 Å². The predicted molar refractivity (Wildman–Crippen MR) is 224 cm³/mol. The summed E-state index contributed by atoms with van der Waals surface area (Å²) >= 11 is 0. The number of carbonyl (C=O) groups is 4. The minimum absolute atomic E-state index is 0.0716. The van der Waals surface area contributed by atoms with Gasteiger partial charge in [0.2, 0.25) is 33.6 Å². The summed E-state index contributed by atoms with van der Waals surface area (Å²) in [5.41, 5.74) is 11.2. The van der Waals surface area contributed by atoms with E-state index in [2.05, 4.69) is 52.7 Å². The maximum absolute atomic E-state index is 13.0. The Hall–Kier alpha value is -6.81. The monoisotopic (exact) mass is 844 g/mol. The van der Waals surface area contributed by atoms with E-state index in [1.165, 1.54) is 23.2 Å². The summed E-state index contributed by atoms with van der Waals surface area (Å²) in [6.07, 6.45) is 4.28. The first-order valence-corrected chi connectivity index (χ1v) is 21.3. The molecule has 7 rings (SSSR count). The highest BCUT2D eigenvalue weighted by molar-refractivity contribution is 7.89. The SMILES string of the molecule is CNCc1ccc(-c2nnc(-c3nc(-c4ccc(S(=O)(=O)NCCCCC(=O)NCCCC#Cc5cccc6c5CN(C5CCC(=O)NC5=O)C6=O)cc4)cnc3N)o2)cc1. The molecule has 2 aliphatic rings. The second kappa shape index (κ2) is 19.1. The van der Waals surface area contributed by atoms with E-state index in [-0.39, 0.29) is 66.0 Å². The first-order valence-electron chi connectivity index (χ1n) is 19.8. The van der Waals surface area contributed by atoms with Gasteiger partial charge in [0.25, 0.3) is 11.8 Å². The van der Waals surface area contributed by atoms with Crippen molar-refractivity contribution < 1.29 is 32.0 Å². The molecule has 6 N–H and O–H groups in total. The largest absolute Gasteiger partial charge is 0.414 e. The third kappa shape index (κ3) is 10.1. The number of nitrogens with two attached hydrogens (primary N) is 1. The minimum atomic E-state index is -3.81. The second-order valence-electron chi connectivity index (χ2n) is 14.5. The molecule has 2 aromatic heterocycles. The van der Waals surface area contributed by atoms with Gasteiger partial charge < -0.3 is 25.7 Å². The molecule has 17 nitrogen and oxygen atoms in total. The molecule has 4 heterocycles.